The zero-order valence-electron chi connectivity index (χ0n) is 9.32. The average molecular weight is 227 g/mol. The fourth-order valence-electron chi connectivity index (χ4n) is 1.33. The molecule has 0 saturated heterocycles. The van der Waals surface area contributed by atoms with Crippen LogP contribution < -0.4 is 10.7 Å². The lowest BCUT2D eigenvalue weighted by molar-refractivity contribution is -0.121. The first-order valence-electron chi connectivity index (χ1n) is 5.38. The molecule has 0 aliphatic carbocycles. The van der Waals surface area contributed by atoms with Gasteiger partial charge < -0.3 is 10.4 Å². The van der Waals surface area contributed by atoms with Crippen molar-refractivity contribution in [1.29, 1.82) is 0 Å². The third kappa shape index (κ3) is 3.98. The molecule has 0 aromatic rings. The van der Waals surface area contributed by atoms with Crippen molar-refractivity contribution < 1.29 is 14.7 Å². The summed E-state index contributed by atoms with van der Waals surface area (Å²) in [6, 6.07) is 0. The fraction of sp³-hybridized carbons (Fsp3) is 0.700. The first-order chi connectivity index (χ1) is 7.63. The van der Waals surface area contributed by atoms with Crippen molar-refractivity contribution in [2.45, 2.75) is 26.2 Å². The lowest BCUT2D eigenvalue weighted by atomic mass is 10.1. The van der Waals surface area contributed by atoms with E-state index in [1.54, 1.807) is 0 Å². The predicted molar refractivity (Wildman–Crippen MR) is 58.7 cm³/mol. The molecule has 1 atom stereocenters. The van der Waals surface area contributed by atoms with Crippen LogP contribution in [0.25, 0.3) is 0 Å². The second-order valence-corrected chi connectivity index (χ2v) is 3.92. The maximum atomic E-state index is 11.6. The maximum absolute atomic E-state index is 11.6. The number of nitrogens with zero attached hydrogens (tertiary/aromatic N) is 1. The Labute approximate surface area is 94.1 Å². The van der Waals surface area contributed by atoms with Crippen LogP contribution in [0, 0.1) is 5.92 Å². The molecule has 0 aromatic heterocycles. The number of nitrogens with one attached hydrogen (secondary N) is 2. The summed E-state index contributed by atoms with van der Waals surface area (Å²) in [5.74, 6) is -0.178. The number of hydrogen-bond donors (Lipinski definition) is 3. The molecule has 3 N–H and O–H groups in total. The average Bonchev–Trinajstić information content (AvgIpc) is 2.27. The third-order valence-electron chi connectivity index (χ3n) is 2.40. The van der Waals surface area contributed by atoms with Crippen LogP contribution in [0.2, 0.25) is 0 Å². The largest absolute Gasteiger partial charge is 0.396 e. The molecule has 0 saturated carbocycles. The van der Waals surface area contributed by atoms with Crippen LogP contribution in [-0.2, 0) is 9.59 Å². The number of carbonyl (C=O) groups excluding carboxylic acids is 2. The normalized spacial score (nSPS) is 17.4. The highest BCUT2D eigenvalue weighted by molar-refractivity contribution is 6.39. The molecule has 0 fully saturated rings. The summed E-state index contributed by atoms with van der Waals surface area (Å²) in [4.78, 5) is 22.4. The first-order valence-corrected chi connectivity index (χ1v) is 5.38. The lowest BCUT2D eigenvalue weighted by Gasteiger charge is -2.14. The molecule has 6 heteroatoms. The van der Waals surface area contributed by atoms with Gasteiger partial charge in [0, 0.05) is 26.0 Å². The highest BCUT2D eigenvalue weighted by atomic mass is 16.3. The van der Waals surface area contributed by atoms with E-state index < -0.39 is 0 Å². The van der Waals surface area contributed by atoms with Gasteiger partial charge in [-0.3, -0.25) is 9.59 Å². The Morgan fingerprint density at radius 3 is 2.94 bits per heavy atom. The van der Waals surface area contributed by atoms with E-state index in [4.69, 9.17) is 5.11 Å². The summed E-state index contributed by atoms with van der Waals surface area (Å²) in [6.45, 7) is 2.57. The van der Waals surface area contributed by atoms with Crippen LogP contribution in [0.4, 0.5) is 0 Å². The van der Waals surface area contributed by atoms with Gasteiger partial charge in [-0.15, -0.1) is 0 Å². The van der Waals surface area contributed by atoms with Crippen LogP contribution >= 0.6 is 0 Å². The second kappa shape index (κ2) is 6.22. The number of amides is 2. The summed E-state index contributed by atoms with van der Waals surface area (Å²) in [5.41, 5.74) is 2.63. The van der Waals surface area contributed by atoms with Crippen LogP contribution in [0.1, 0.15) is 26.2 Å². The molecule has 0 bridgehead atoms. The van der Waals surface area contributed by atoms with Gasteiger partial charge in [-0.25, -0.2) is 5.43 Å². The SMILES string of the molecule is CC(CCO)CNC(=O)C1=NNC(=O)CC1. The van der Waals surface area contributed by atoms with Gasteiger partial charge in [0.1, 0.15) is 5.71 Å². The molecular weight excluding hydrogens is 210 g/mol. The number of aliphatic hydroxyl groups excluding tert-OH is 1. The molecule has 6 nitrogen and oxygen atoms in total. The van der Waals surface area contributed by atoms with Crippen LogP contribution in [0.15, 0.2) is 5.10 Å². The van der Waals surface area contributed by atoms with Gasteiger partial charge in [0.2, 0.25) is 5.91 Å². The number of carbonyl (C=O) groups is 2. The molecule has 1 aliphatic rings. The molecule has 1 heterocycles. The first kappa shape index (κ1) is 12.6. The van der Waals surface area contributed by atoms with E-state index in [1.165, 1.54) is 0 Å². The minimum Gasteiger partial charge on any atom is -0.396 e. The lowest BCUT2D eigenvalue weighted by Crippen LogP contribution is -2.38. The molecule has 1 rings (SSSR count). The molecule has 0 spiro atoms. The predicted octanol–water partition coefficient (Wildman–Crippen LogP) is -0.613. The molecule has 0 aromatic carbocycles. The Bertz CT molecular complexity index is 302. The fourth-order valence-corrected chi connectivity index (χ4v) is 1.33. The minimum absolute atomic E-state index is 0.119. The van der Waals surface area contributed by atoms with Crippen molar-refractivity contribution in [3.05, 3.63) is 0 Å². The van der Waals surface area contributed by atoms with E-state index in [1.807, 2.05) is 6.92 Å². The van der Waals surface area contributed by atoms with Crippen molar-refractivity contribution in [2.24, 2.45) is 11.0 Å². The van der Waals surface area contributed by atoms with E-state index >= 15 is 0 Å². The number of rotatable bonds is 5. The Hall–Kier alpha value is -1.43. The summed E-state index contributed by atoms with van der Waals surface area (Å²) >= 11 is 0. The quantitative estimate of drug-likeness (QED) is 0.585. The van der Waals surface area contributed by atoms with Gasteiger partial charge in [-0.05, 0) is 12.3 Å². The zero-order chi connectivity index (χ0) is 12.0. The standard InChI is InChI=1S/C10H17N3O3/c1-7(4-5-14)6-11-10(16)8-2-3-9(15)13-12-8/h7,14H,2-6H2,1H3,(H,11,16)(H,13,15). The van der Waals surface area contributed by atoms with E-state index in [2.05, 4.69) is 15.8 Å². The molecule has 1 unspecified atom stereocenters. The van der Waals surface area contributed by atoms with Crippen molar-refractivity contribution in [2.75, 3.05) is 13.2 Å². The van der Waals surface area contributed by atoms with E-state index in [0.717, 1.165) is 0 Å². The Balaban J connectivity index is 2.32. The molecule has 16 heavy (non-hydrogen) atoms. The van der Waals surface area contributed by atoms with Gasteiger partial charge in [0.05, 0.1) is 0 Å². The third-order valence-corrected chi connectivity index (χ3v) is 2.40. The Kier molecular flexibility index (Phi) is 4.91. The topological polar surface area (TPSA) is 90.8 Å². The van der Waals surface area contributed by atoms with Crippen LogP contribution in [0.5, 0.6) is 0 Å². The van der Waals surface area contributed by atoms with Gasteiger partial charge in [-0.2, -0.15) is 5.10 Å². The van der Waals surface area contributed by atoms with E-state index in [-0.39, 0.29) is 24.3 Å². The van der Waals surface area contributed by atoms with Crippen molar-refractivity contribution in [3.8, 4) is 0 Å². The summed E-state index contributed by atoms with van der Waals surface area (Å²) in [7, 11) is 0. The van der Waals surface area contributed by atoms with Gasteiger partial charge in [-0.1, -0.05) is 6.92 Å². The van der Waals surface area contributed by atoms with Crippen LogP contribution in [-0.4, -0.2) is 35.8 Å². The number of hydrogen-bond acceptors (Lipinski definition) is 4. The molecule has 0 radical (unpaired) electrons. The highest BCUT2D eigenvalue weighted by Crippen LogP contribution is 2.01. The molecule has 1 aliphatic heterocycles. The van der Waals surface area contributed by atoms with Crippen LogP contribution in [0.3, 0.4) is 0 Å². The monoisotopic (exact) mass is 227 g/mol. The highest BCUT2D eigenvalue weighted by Gasteiger charge is 2.18. The molecule has 90 valence electrons. The van der Waals surface area contributed by atoms with Crippen molar-refractivity contribution in [3.63, 3.8) is 0 Å². The van der Waals surface area contributed by atoms with E-state index in [9.17, 15) is 9.59 Å². The smallest absolute Gasteiger partial charge is 0.267 e. The maximum Gasteiger partial charge on any atom is 0.267 e. The van der Waals surface area contributed by atoms with Crippen molar-refractivity contribution in [1.82, 2.24) is 10.7 Å². The number of hydrazone groups is 1. The van der Waals surface area contributed by atoms with Gasteiger partial charge in [0.25, 0.3) is 5.91 Å². The minimum atomic E-state index is -0.246. The number of aliphatic hydroxyl groups is 1. The van der Waals surface area contributed by atoms with E-state index in [0.29, 0.717) is 31.5 Å². The second-order valence-electron chi connectivity index (χ2n) is 3.92. The Morgan fingerprint density at radius 2 is 2.38 bits per heavy atom. The molecular formula is C10H17N3O3. The summed E-state index contributed by atoms with van der Waals surface area (Å²) < 4.78 is 0. The summed E-state index contributed by atoms with van der Waals surface area (Å²) in [5, 5.41) is 15.1. The Morgan fingerprint density at radius 1 is 1.62 bits per heavy atom. The zero-order valence-corrected chi connectivity index (χ0v) is 9.32. The summed E-state index contributed by atoms with van der Waals surface area (Å²) in [6.07, 6.45) is 1.34. The van der Waals surface area contributed by atoms with Gasteiger partial charge in [0.15, 0.2) is 0 Å². The van der Waals surface area contributed by atoms with Gasteiger partial charge >= 0.3 is 0 Å². The molecule has 2 amide bonds. The van der Waals surface area contributed by atoms with Crippen molar-refractivity contribution >= 4 is 17.5 Å².